The fourth-order valence-electron chi connectivity index (χ4n) is 6.36. The van der Waals surface area contributed by atoms with Crippen LogP contribution in [0.2, 0.25) is 18.1 Å². The summed E-state index contributed by atoms with van der Waals surface area (Å²) < 4.78 is 46.7. The minimum absolute atomic E-state index is 0.230. The molecule has 22 heteroatoms. The highest BCUT2D eigenvalue weighted by atomic mass is 28.4. The summed E-state index contributed by atoms with van der Waals surface area (Å²) in [4.78, 5) is 0. The van der Waals surface area contributed by atoms with Crippen molar-refractivity contribution in [1.82, 2.24) is 0 Å². The molecule has 17 N–H and O–H groups in total. The van der Waals surface area contributed by atoms with Gasteiger partial charge in [0.1, 0.15) is 73.2 Å². The normalized spacial score (nSPS) is 48.1. The van der Waals surface area contributed by atoms with Gasteiger partial charge in [0, 0.05) is 0 Å². The zero-order chi connectivity index (χ0) is 39.0. The maximum atomic E-state index is 11.3. The molecule has 10 unspecified atom stereocenters. The molecule has 0 radical (unpaired) electrons. The summed E-state index contributed by atoms with van der Waals surface area (Å²) in [6.07, 6.45) is -22.4. The van der Waals surface area contributed by atoms with Crippen LogP contribution >= 0.6 is 0 Å². The van der Waals surface area contributed by atoms with E-state index in [1.807, 2.05) is 33.9 Å². The molecular formula is C30H60N4O17Si. The van der Waals surface area contributed by atoms with E-state index in [0.717, 1.165) is 0 Å². The lowest BCUT2D eigenvalue weighted by atomic mass is 9.94. The highest BCUT2D eigenvalue weighted by Crippen LogP contribution is 2.40. The minimum atomic E-state index is -2.46. The van der Waals surface area contributed by atoms with Crippen LogP contribution in [-0.2, 0) is 37.6 Å². The number of rotatable bonds is 12. The Balaban J connectivity index is 1.43. The van der Waals surface area contributed by atoms with Crippen LogP contribution in [0.4, 0.5) is 0 Å². The van der Waals surface area contributed by atoms with E-state index in [0.29, 0.717) is 0 Å². The van der Waals surface area contributed by atoms with Crippen molar-refractivity contribution in [2.45, 2.75) is 161 Å². The first-order valence-corrected chi connectivity index (χ1v) is 20.3. The van der Waals surface area contributed by atoms with Crippen LogP contribution < -0.4 is 22.9 Å². The third-order valence-corrected chi connectivity index (χ3v) is 15.2. The van der Waals surface area contributed by atoms with Crippen LogP contribution in [0.1, 0.15) is 20.8 Å². The quantitative estimate of drug-likeness (QED) is 0.0819. The van der Waals surface area contributed by atoms with E-state index in [1.165, 1.54) is 0 Å². The summed E-state index contributed by atoms with van der Waals surface area (Å²) in [6, 6.07) is -5.35. The summed E-state index contributed by atoms with van der Waals surface area (Å²) in [5, 5.41) is 94.2. The Labute approximate surface area is 302 Å². The van der Waals surface area contributed by atoms with Gasteiger partial charge in [-0.2, -0.15) is 0 Å². The third kappa shape index (κ3) is 8.99. The van der Waals surface area contributed by atoms with E-state index in [4.69, 9.17) is 60.5 Å². The molecule has 4 heterocycles. The molecule has 0 saturated carbocycles. The molecule has 0 bridgehead atoms. The molecule has 4 saturated heterocycles. The Bertz CT molecular complexity index is 1120. The lowest BCUT2D eigenvalue weighted by Gasteiger charge is -2.50. The highest BCUT2D eigenvalue weighted by molar-refractivity contribution is 6.74. The first-order chi connectivity index (χ1) is 24.2. The first-order valence-electron chi connectivity index (χ1n) is 17.3. The van der Waals surface area contributed by atoms with Gasteiger partial charge in [-0.1, -0.05) is 20.8 Å². The molecule has 4 fully saturated rings. The summed E-state index contributed by atoms with van der Waals surface area (Å²) in [5.74, 6) is 0. The summed E-state index contributed by atoms with van der Waals surface area (Å²) >= 11 is 0. The number of nitrogens with two attached hydrogens (primary N) is 4. The van der Waals surface area contributed by atoms with E-state index in [1.54, 1.807) is 0 Å². The van der Waals surface area contributed by atoms with Crippen molar-refractivity contribution in [1.29, 1.82) is 0 Å². The molecule has 20 atom stereocenters. The SMILES string of the molecule is CC(C)(C)[Si](C)(C)OC1C(CO)OC(O[C@@H]2C(CO)O[C@H](OC3C(CO)OC(O[C@@H]4C(CO)O[C@H](O)[C@@H](N)C4O)[C@H](N)[C@H]3O)[C@@H](N)C2O)[C@H](N)[C@H]1O. The Morgan fingerprint density at radius 1 is 0.500 bits per heavy atom. The molecule has 4 aliphatic heterocycles. The van der Waals surface area contributed by atoms with Gasteiger partial charge < -0.3 is 106 Å². The van der Waals surface area contributed by atoms with Gasteiger partial charge in [0.05, 0.1) is 50.6 Å². The molecule has 0 aromatic carbocycles. The standard InChI is InChI=1S/C30H60N4O17Si/c1-30(2,3)52(4,5)51-25-13(9-38)47-29(17(34)21(25)42)50-24-12(8-37)46-28(16(33)20(24)41)49-23-11(7-36)45-27(15(32)19(23)40)48-22-10(6-35)44-26(43)14(31)18(22)39/h10-29,35-43H,6-9,31-34H2,1-5H3/t10?,11?,12?,13?,14-,15+,16-,17+,18?,19+,20?,21+,22+,23?,24+,25?,26-,27?,28+,29?/m0/s1. The lowest BCUT2D eigenvalue weighted by molar-refractivity contribution is -0.358. The average Bonchev–Trinajstić information content (AvgIpc) is 3.09. The molecular weight excluding hydrogens is 716 g/mol. The van der Waals surface area contributed by atoms with Gasteiger partial charge in [-0.25, -0.2) is 0 Å². The van der Waals surface area contributed by atoms with E-state index in [9.17, 15) is 46.0 Å². The van der Waals surface area contributed by atoms with Gasteiger partial charge >= 0.3 is 0 Å². The van der Waals surface area contributed by atoms with Gasteiger partial charge in [0.25, 0.3) is 0 Å². The summed E-state index contributed by atoms with van der Waals surface area (Å²) in [5.41, 5.74) is 24.6. The molecule has 21 nitrogen and oxygen atoms in total. The average molecular weight is 777 g/mol. The number of aliphatic hydroxyl groups is 9. The Morgan fingerprint density at radius 3 is 1.12 bits per heavy atom. The maximum Gasteiger partial charge on any atom is 0.192 e. The minimum Gasteiger partial charge on any atom is -0.408 e. The van der Waals surface area contributed by atoms with Crippen LogP contribution in [0.3, 0.4) is 0 Å². The van der Waals surface area contributed by atoms with Crippen molar-refractivity contribution in [2.75, 3.05) is 26.4 Å². The topological polar surface area (TPSA) is 360 Å². The van der Waals surface area contributed by atoms with Crippen molar-refractivity contribution >= 4 is 8.32 Å². The zero-order valence-corrected chi connectivity index (χ0v) is 31.0. The predicted molar refractivity (Wildman–Crippen MR) is 178 cm³/mol. The number of hydrogen-bond donors (Lipinski definition) is 13. The predicted octanol–water partition coefficient (Wildman–Crippen LogP) is -6.85. The van der Waals surface area contributed by atoms with Crippen molar-refractivity contribution in [2.24, 2.45) is 22.9 Å². The molecule has 0 aliphatic carbocycles. The number of aliphatic hydroxyl groups excluding tert-OH is 9. The third-order valence-electron chi connectivity index (χ3n) is 10.7. The second kappa shape index (κ2) is 17.7. The number of ether oxygens (including phenoxy) is 7. The first kappa shape index (κ1) is 44.1. The van der Waals surface area contributed by atoms with Crippen LogP contribution in [0.15, 0.2) is 0 Å². The largest absolute Gasteiger partial charge is 0.408 e. The Hall–Kier alpha value is -0.623. The highest BCUT2D eigenvalue weighted by Gasteiger charge is 2.55. The summed E-state index contributed by atoms with van der Waals surface area (Å²) in [6.45, 7) is 7.24. The van der Waals surface area contributed by atoms with Gasteiger partial charge in [0.2, 0.25) is 0 Å². The van der Waals surface area contributed by atoms with Crippen molar-refractivity contribution in [3.63, 3.8) is 0 Å². The fourth-order valence-corrected chi connectivity index (χ4v) is 7.69. The zero-order valence-electron chi connectivity index (χ0n) is 30.0. The molecule has 0 spiro atoms. The molecule has 52 heavy (non-hydrogen) atoms. The lowest BCUT2D eigenvalue weighted by Crippen LogP contribution is -2.70. The fraction of sp³-hybridized carbons (Fsp3) is 1.00. The Kier molecular flexibility index (Phi) is 15.0. The maximum absolute atomic E-state index is 11.3. The van der Waals surface area contributed by atoms with E-state index < -0.39 is 157 Å². The molecule has 0 amide bonds. The van der Waals surface area contributed by atoms with Gasteiger partial charge in [0.15, 0.2) is 33.5 Å². The van der Waals surface area contributed by atoms with Crippen LogP contribution in [0.25, 0.3) is 0 Å². The van der Waals surface area contributed by atoms with Crippen molar-refractivity contribution < 1.29 is 83.5 Å². The van der Waals surface area contributed by atoms with Gasteiger partial charge in [-0.05, 0) is 18.1 Å². The number of hydrogen-bond acceptors (Lipinski definition) is 21. The van der Waals surface area contributed by atoms with E-state index >= 15 is 0 Å². The van der Waals surface area contributed by atoms with Crippen LogP contribution in [-0.4, -0.2) is 203 Å². The summed E-state index contributed by atoms with van der Waals surface area (Å²) in [7, 11) is -2.46. The monoisotopic (exact) mass is 776 g/mol. The van der Waals surface area contributed by atoms with Gasteiger partial charge in [-0.15, -0.1) is 0 Å². The molecule has 306 valence electrons. The van der Waals surface area contributed by atoms with Crippen LogP contribution in [0, 0.1) is 0 Å². The molecule has 4 aliphatic rings. The van der Waals surface area contributed by atoms with Gasteiger partial charge in [-0.3, -0.25) is 0 Å². The second-order valence-corrected chi connectivity index (χ2v) is 20.1. The van der Waals surface area contributed by atoms with E-state index in [2.05, 4.69) is 0 Å². The smallest absolute Gasteiger partial charge is 0.192 e. The Morgan fingerprint density at radius 2 is 0.788 bits per heavy atom. The molecule has 0 aromatic rings. The van der Waals surface area contributed by atoms with Crippen LogP contribution in [0.5, 0.6) is 0 Å². The van der Waals surface area contributed by atoms with E-state index in [-0.39, 0.29) is 5.04 Å². The molecule has 4 rings (SSSR count). The second-order valence-electron chi connectivity index (χ2n) is 15.3. The van der Waals surface area contributed by atoms with Crippen molar-refractivity contribution in [3.8, 4) is 0 Å². The van der Waals surface area contributed by atoms with Crippen molar-refractivity contribution in [3.05, 3.63) is 0 Å². The molecule has 0 aromatic heterocycles.